The summed E-state index contributed by atoms with van der Waals surface area (Å²) in [4.78, 5) is 13.1. The van der Waals surface area contributed by atoms with Crippen LogP contribution in [0.1, 0.15) is 6.42 Å². The van der Waals surface area contributed by atoms with E-state index in [1.807, 2.05) is 35.2 Å². The second-order valence-corrected chi connectivity index (χ2v) is 5.01. The predicted octanol–water partition coefficient (Wildman–Crippen LogP) is 1.82. The third-order valence-electron chi connectivity index (χ3n) is 3.48. The predicted molar refractivity (Wildman–Crippen MR) is 72.2 cm³/mol. The summed E-state index contributed by atoms with van der Waals surface area (Å²) in [6.07, 6.45) is -2.05. The zero-order chi connectivity index (χ0) is 14.5. The fourth-order valence-electron chi connectivity index (χ4n) is 2.53. The molecule has 1 aliphatic rings. The molecule has 2 rings (SSSR count). The fourth-order valence-corrected chi connectivity index (χ4v) is 2.53. The molecule has 2 atom stereocenters. The molecule has 6 heteroatoms. The third kappa shape index (κ3) is 3.90. The molecule has 0 radical (unpaired) electrons. The van der Waals surface area contributed by atoms with Crippen LogP contribution in [0.3, 0.4) is 0 Å². The molecule has 2 N–H and O–H groups in total. The number of carboxylic acid groups (broad SMARTS) is 1. The van der Waals surface area contributed by atoms with Gasteiger partial charge in [0.2, 0.25) is 0 Å². The van der Waals surface area contributed by atoms with Gasteiger partial charge in [-0.15, -0.1) is 0 Å². The Kier molecular flexibility index (Phi) is 4.89. The molecular formula is C14H18F2N2O2. The van der Waals surface area contributed by atoms with Gasteiger partial charge in [0.15, 0.2) is 0 Å². The van der Waals surface area contributed by atoms with Gasteiger partial charge in [-0.25, -0.2) is 8.78 Å². The Bertz CT molecular complexity index is 442. The highest BCUT2D eigenvalue weighted by molar-refractivity contribution is 5.71. The van der Waals surface area contributed by atoms with Gasteiger partial charge in [0, 0.05) is 24.8 Å². The lowest BCUT2D eigenvalue weighted by molar-refractivity contribution is -0.142. The van der Waals surface area contributed by atoms with Crippen molar-refractivity contribution < 1.29 is 18.7 Å². The average molecular weight is 284 g/mol. The van der Waals surface area contributed by atoms with Crippen molar-refractivity contribution in [1.82, 2.24) is 5.32 Å². The van der Waals surface area contributed by atoms with E-state index >= 15 is 0 Å². The first kappa shape index (κ1) is 14.7. The Morgan fingerprint density at radius 3 is 2.65 bits per heavy atom. The van der Waals surface area contributed by atoms with Gasteiger partial charge < -0.3 is 15.3 Å². The normalized spacial score (nSPS) is 23.1. The fraction of sp³-hybridized carbons (Fsp3) is 0.500. The maximum atomic E-state index is 12.3. The highest BCUT2D eigenvalue weighted by atomic mass is 19.3. The van der Waals surface area contributed by atoms with Crippen molar-refractivity contribution in [2.24, 2.45) is 5.92 Å². The number of hydrogen-bond acceptors (Lipinski definition) is 3. The van der Waals surface area contributed by atoms with Crippen LogP contribution in [0.15, 0.2) is 30.3 Å². The van der Waals surface area contributed by atoms with Crippen LogP contribution in [-0.2, 0) is 4.79 Å². The number of aliphatic carboxylic acids is 1. The molecule has 1 aliphatic heterocycles. The van der Waals surface area contributed by atoms with Crippen molar-refractivity contribution in [2.45, 2.75) is 18.9 Å². The number of rotatable bonds is 5. The molecule has 0 aromatic heterocycles. The first-order chi connectivity index (χ1) is 9.56. The molecule has 1 saturated heterocycles. The highest BCUT2D eigenvalue weighted by Crippen LogP contribution is 2.23. The number of carboxylic acids is 1. The van der Waals surface area contributed by atoms with Gasteiger partial charge >= 0.3 is 5.97 Å². The van der Waals surface area contributed by atoms with E-state index in [-0.39, 0.29) is 6.04 Å². The Morgan fingerprint density at radius 2 is 2.05 bits per heavy atom. The van der Waals surface area contributed by atoms with E-state index in [2.05, 4.69) is 5.32 Å². The van der Waals surface area contributed by atoms with E-state index in [1.165, 1.54) is 0 Å². The number of benzene rings is 1. The zero-order valence-electron chi connectivity index (χ0n) is 11.0. The van der Waals surface area contributed by atoms with Crippen LogP contribution in [0.4, 0.5) is 14.5 Å². The van der Waals surface area contributed by atoms with Crippen LogP contribution in [0, 0.1) is 5.92 Å². The van der Waals surface area contributed by atoms with E-state index in [0.717, 1.165) is 5.69 Å². The summed E-state index contributed by atoms with van der Waals surface area (Å²) in [6.45, 7) is 0.548. The van der Waals surface area contributed by atoms with Gasteiger partial charge in [0.05, 0.1) is 12.5 Å². The number of nitrogens with one attached hydrogen (secondary N) is 1. The maximum absolute atomic E-state index is 12.3. The van der Waals surface area contributed by atoms with Crippen molar-refractivity contribution in [3.63, 3.8) is 0 Å². The Labute approximate surface area is 116 Å². The minimum Gasteiger partial charge on any atom is -0.481 e. The minimum atomic E-state index is -2.43. The second kappa shape index (κ2) is 6.65. The van der Waals surface area contributed by atoms with Crippen molar-refractivity contribution in [3.05, 3.63) is 30.3 Å². The maximum Gasteiger partial charge on any atom is 0.308 e. The summed E-state index contributed by atoms with van der Waals surface area (Å²) in [7, 11) is 0. The summed E-state index contributed by atoms with van der Waals surface area (Å²) in [5.74, 6) is -1.42. The van der Waals surface area contributed by atoms with Crippen LogP contribution >= 0.6 is 0 Å². The average Bonchev–Trinajstić information content (AvgIpc) is 2.45. The Morgan fingerprint density at radius 1 is 1.35 bits per heavy atom. The quantitative estimate of drug-likeness (QED) is 0.866. The number of hydrogen-bond donors (Lipinski definition) is 2. The van der Waals surface area contributed by atoms with Crippen LogP contribution in [0.5, 0.6) is 0 Å². The Balaban J connectivity index is 2.06. The second-order valence-electron chi connectivity index (χ2n) is 5.01. The Hall–Kier alpha value is -1.69. The van der Waals surface area contributed by atoms with Crippen LogP contribution < -0.4 is 10.2 Å². The molecule has 1 aromatic rings. The molecule has 110 valence electrons. The molecule has 0 spiro atoms. The number of anilines is 1. The molecule has 1 heterocycles. The lowest BCUT2D eigenvalue weighted by Crippen LogP contribution is -2.52. The molecule has 1 aromatic carbocycles. The number of piperidine rings is 1. The van der Waals surface area contributed by atoms with Crippen molar-refractivity contribution in [2.75, 3.05) is 24.5 Å². The molecule has 2 unspecified atom stereocenters. The summed E-state index contributed by atoms with van der Waals surface area (Å²) < 4.78 is 24.5. The van der Waals surface area contributed by atoms with Gasteiger partial charge in [-0.3, -0.25) is 4.79 Å². The lowest BCUT2D eigenvalue weighted by atomic mass is 9.93. The van der Waals surface area contributed by atoms with E-state index in [9.17, 15) is 18.7 Å². The first-order valence-electron chi connectivity index (χ1n) is 6.60. The molecule has 0 bridgehead atoms. The minimum absolute atomic E-state index is 0.237. The summed E-state index contributed by atoms with van der Waals surface area (Å²) in [5.41, 5.74) is 0.919. The molecule has 1 fully saturated rings. The van der Waals surface area contributed by atoms with Crippen LogP contribution in [0.2, 0.25) is 0 Å². The van der Waals surface area contributed by atoms with E-state index in [1.54, 1.807) is 0 Å². The molecule has 0 amide bonds. The van der Waals surface area contributed by atoms with Crippen molar-refractivity contribution in [1.29, 1.82) is 0 Å². The number of nitrogens with zero attached hydrogens (tertiary/aromatic N) is 1. The zero-order valence-corrected chi connectivity index (χ0v) is 11.0. The molecule has 4 nitrogen and oxygen atoms in total. The summed E-state index contributed by atoms with van der Waals surface area (Å²) >= 11 is 0. The first-order valence-corrected chi connectivity index (χ1v) is 6.60. The molecule has 0 aliphatic carbocycles. The molecule has 20 heavy (non-hydrogen) atoms. The number of para-hydroxylation sites is 1. The standard InChI is InChI=1S/C14H18F2N2O2/c15-13(16)7-17-11-6-10(14(19)20)8-18(9-11)12-4-2-1-3-5-12/h1-5,10-11,13,17H,6-9H2,(H,19,20). The largest absolute Gasteiger partial charge is 0.481 e. The van der Waals surface area contributed by atoms with Gasteiger partial charge in [-0.2, -0.15) is 0 Å². The van der Waals surface area contributed by atoms with Crippen molar-refractivity contribution >= 4 is 11.7 Å². The van der Waals surface area contributed by atoms with Crippen LogP contribution in [-0.4, -0.2) is 43.2 Å². The van der Waals surface area contributed by atoms with Gasteiger partial charge in [-0.05, 0) is 18.6 Å². The van der Waals surface area contributed by atoms with Gasteiger partial charge in [0.1, 0.15) is 0 Å². The van der Waals surface area contributed by atoms with Gasteiger partial charge in [-0.1, -0.05) is 18.2 Å². The summed E-state index contributed by atoms with van der Waals surface area (Å²) in [6, 6.07) is 9.19. The van der Waals surface area contributed by atoms with E-state index in [0.29, 0.717) is 19.5 Å². The third-order valence-corrected chi connectivity index (χ3v) is 3.48. The molecular weight excluding hydrogens is 266 g/mol. The topological polar surface area (TPSA) is 52.6 Å². The number of alkyl halides is 2. The van der Waals surface area contributed by atoms with Gasteiger partial charge in [0.25, 0.3) is 6.43 Å². The number of halogens is 2. The number of carbonyl (C=O) groups is 1. The molecule has 0 saturated carbocycles. The SMILES string of the molecule is O=C(O)C1CC(NCC(F)F)CN(c2ccccc2)C1. The van der Waals surface area contributed by atoms with Crippen molar-refractivity contribution in [3.8, 4) is 0 Å². The van der Waals surface area contributed by atoms with Crippen LogP contribution in [0.25, 0.3) is 0 Å². The smallest absolute Gasteiger partial charge is 0.308 e. The van der Waals surface area contributed by atoms with E-state index in [4.69, 9.17) is 0 Å². The monoisotopic (exact) mass is 284 g/mol. The van der Waals surface area contributed by atoms with E-state index < -0.39 is 24.9 Å². The lowest BCUT2D eigenvalue weighted by Gasteiger charge is -2.38. The highest BCUT2D eigenvalue weighted by Gasteiger charge is 2.31. The summed E-state index contributed by atoms with van der Waals surface area (Å²) in [5, 5.41) is 11.9.